The van der Waals surface area contributed by atoms with Gasteiger partial charge >= 0.3 is 0 Å². The number of amides is 1. The van der Waals surface area contributed by atoms with Crippen molar-refractivity contribution in [2.75, 3.05) is 5.32 Å². The Hall–Kier alpha value is -2.80. The molecule has 1 amide bonds. The molecule has 0 radical (unpaired) electrons. The van der Waals surface area contributed by atoms with Gasteiger partial charge < -0.3 is 5.32 Å². The normalized spacial score (nSPS) is 11.0. The Morgan fingerprint density at radius 2 is 2.14 bits per heavy atom. The Balaban J connectivity index is 1.66. The number of carbonyl (C=O) groups excluding carboxylic acids is 1. The summed E-state index contributed by atoms with van der Waals surface area (Å²) in [6, 6.07) is 3.88. The molecular formula is C15H13N5OS. The standard InChI is InChI=1S/C15H13N5OS/c1-11-16-6-7-20(11)15-17-9-12(10-18-15)19-14(21)5-4-13-3-2-8-22-13/h2-10H,1H3,(H,19,21)/b5-4+. The Morgan fingerprint density at radius 3 is 2.77 bits per heavy atom. The first kappa shape index (κ1) is 14.2. The lowest BCUT2D eigenvalue weighted by molar-refractivity contribution is -0.111. The zero-order valence-electron chi connectivity index (χ0n) is 11.8. The van der Waals surface area contributed by atoms with Gasteiger partial charge in [0.2, 0.25) is 11.9 Å². The Bertz CT molecular complexity index is 790. The predicted octanol–water partition coefficient (Wildman–Crippen LogP) is 2.68. The van der Waals surface area contributed by atoms with Gasteiger partial charge in [0.05, 0.1) is 18.1 Å². The number of anilines is 1. The summed E-state index contributed by atoms with van der Waals surface area (Å²) in [4.78, 5) is 25.4. The summed E-state index contributed by atoms with van der Waals surface area (Å²) in [6.45, 7) is 1.87. The first-order valence-electron chi connectivity index (χ1n) is 6.57. The molecule has 3 rings (SSSR count). The van der Waals surface area contributed by atoms with Gasteiger partial charge in [-0.15, -0.1) is 11.3 Å². The number of hydrogen-bond donors (Lipinski definition) is 1. The van der Waals surface area contributed by atoms with Crippen molar-refractivity contribution in [1.29, 1.82) is 0 Å². The van der Waals surface area contributed by atoms with Gasteiger partial charge in [-0.25, -0.2) is 15.0 Å². The van der Waals surface area contributed by atoms with Crippen LogP contribution in [0.5, 0.6) is 0 Å². The lowest BCUT2D eigenvalue weighted by atomic mass is 10.4. The average Bonchev–Trinajstić information content (AvgIpc) is 3.17. The molecule has 0 aromatic carbocycles. The van der Waals surface area contributed by atoms with Crippen molar-refractivity contribution in [3.05, 3.63) is 59.1 Å². The number of nitrogens with zero attached hydrogens (tertiary/aromatic N) is 4. The van der Waals surface area contributed by atoms with Gasteiger partial charge in [-0.3, -0.25) is 9.36 Å². The molecule has 3 heterocycles. The van der Waals surface area contributed by atoms with Crippen molar-refractivity contribution < 1.29 is 4.79 Å². The first-order valence-corrected chi connectivity index (χ1v) is 7.45. The van der Waals surface area contributed by atoms with Crippen molar-refractivity contribution in [3.8, 4) is 5.95 Å². The third-order valence-electron chi connectivity index (χ3n) is 2.89. The van der Waals surface area contributed by atoms with Crippen LogP contribution in [0.2, 0.25) is 0 Å². The molecule has 0 spiro atoms. The molecule has 3 aromatic rings. The maximum atomic E-state index is 11.8. The van der Waals surface area contributed by atoms with Crippen LogP contribution >= 0.6 is 11.3 Å². The zero-order valence-corrected chi connectivity index (χ0v) is 12.6. The lowest BCUT2D eigenvalue weighted by Crippen LogP contribution is -2.09. The number of nitrogens with one attached hydrogen (secondary N) is 1. The SMILES string of the molecule is Cc1nccn1-c1ncc(NC(=O)/C=C/c2cccs2)cn1. The van der Waals surface area contributed by atoms with Crippen molar-refractivity contribution >= 4 is 29.0 Å². The van der Waals surface area contributed by atoms with Crippen molar-refractivity contribution in [1.82, 2.24) is 19.5 Å². The summed E-state index contributed by atoms with van der Waals surface area (Å²) in [7, 11) is 0. The van der Waals surface area contributed by atoms with Gasteiger partial charge in [-0.2, -0.15) is 0 Å². The van der Waals surface area contributed by atoms with Crippen molar-refractivity contribution in [3.63, 3.8) is 0 Å². The molecule has 3 aromatic heterocycles. The number of rotatable bonds is 4. The number of aryl methyl sites for hydroxylation is 1. The van der Waals surface area contributed by atoms with E-state index in [-0.39, 0.29) is 5.91 Å². The van der Waals surface area contributed by atoms with Crippen LogP contribution in [0.15, 0.2) is 48.4 Å². The average molecular weight is 311 g/mol. The van der Waals surface area contributed by atoms with Gasteiger partial charge in [0.15, 0.2) is 0 Å². The van der Waals surface area contributed by atoms with E-state index in [9.17, 15) is 4.79 Å². The fourth-order valence-electron chi connectivity index (χ4n) is 1.83. The van der Waals surface area contributed by atoms with E-state index >= 15 is 0 Å². The van der Waals surface area contributed by atoms with E-state index in [2.05, 4.69) is 20.3 Å². The van der Waals surface area contributed by atoms with E-state index in [4.69, 9.17) is 0 Å². The topological polar surface area (TPSA) is 72.7 Å². The highest BCUT2D eigenvalue weighted by Crippen LogP contribution is 2.11. The van der Waals surface area contributed by atoms with E-state index in [1.807, 2.05) is 24.4 Å². The molecule has 22 heavy (non-hydrogen) atoms. The third kappa shape index (κ3) is 3.26. The van der Waals surface area contributed by atoms with Crippen LogP contribution in [-0.2, 0) is 4.79 Å². The second-order valence-electron chi connectivity index (χ2n) is 4.45. The molecule has 0 saturated carbocycles. The molecule has 7 heteroatoms. The smallest absolute Gasteiger partial charge is 0.248 e. The van der Waals surface area contributed by atoms with Gasteiger partial charge in [-0.05, 0) is 24.4 Å². The van der Waals surface area contributed by atoms with E-state index in [0.717, 1.165) is 10.7 Å². The van der Waals surface area contributed by atoms with Crippen LogP contribution < -0.4 is 5.32 Å². The van der Waals surface area contributed by atoms with Crippen molar-refractivity contribution in [2.45, 2.75) is 6.92 Å². The number of carbonyl (C=O) groups is 1. The van der Waals surface area contributed by atoms with Crippen molar-refractivity contribution in [2.24, 2.45) is 0 Å². The van der Waals surface area contributed by atoms with Gasteiger partial charge in [0.1, 0.15) is 5.82 Å². The van der Waals surface area contributed by atoms with Crippen LogP contribution in [-0.4, -0.2) is 25.4 Å². The minimum absolute atomic E-state index is 0.219. The quantitative estimate of drug-likeness (QED) is 0.752. The second kappa shape index (κ2) is 6.31. The third-order valence-corrected chi connectivity index (χ3v) is 3.73. The molecule has 0 aliphatic rings. The predicted molar refractivity (Wildman–Crippen MR) is 85.9 cm³/mol. The van der Waals surface area contributed by atoms with E-state index in [1.165, 1.54) is 6.08 Å². The molecule has 0 unspecified atom stereocenters. The van der Waals surface area contributed by atoms with Crippen LogP contribution in [0.1, 0.15) is 10.7 Å². The minimum atomic E-state index is -0.219. The number of aromatic nitrogens is 4. The number of hydrogen-bond acceptors (Lipinski definition) is 5. The van der Waals surface area contributed by atoms with Crippen LogP contribution in [0.3, 0.4) is 0 Å². The molecular weight excluding hydrogens is 298 g/mol. The van der Waals surface area contributed by atoms with Gasteiger partial charge in [0.25, 0.3) is 0 Å². The Labute approximate surface area is 131 Å². The molecule has 0 aliphatic carbocycles. The number of thiophene rings is 1. The summed E-state index contributed by atoms with van der Waals surface area (Å²) in [6.07, 6.45) is 9.86. The second-order valence-corrected chi connectivity index (χ2v) is 5.43. The Morgan fingerprint density at radius 1 is 1.32 bits per heavy atom. The highest BCUT2D eigenvalue weighted by atomic mass is 32.1. The summed E-state index contributed by atoms with van der Waals surface area (Å²) in [5.74, 6) is 1.10. The van der Waals surface area contributed by atoms with E-state index in [1.54, 1.807) is 46.8 Å². The summed E-state index contributed by atoms with van der Waals surface area (Å²) in [5, 5.41) is 4.68. The molecule has 0 fully saturated rings. The molecule has 0 bridgehead atoms. The van der Waals surface area contributed by atoms with Crippen LogP contribution in [0.4, 0.5) is 5.69 Å². The molecule has 0 aliphatic heterocycles. The molecule has 1 N–H and O–H groups in total. The molecule has 0 saturated heterocycles. The van der Waals surface area contributed by atoms with Crippen LogP contribution in [0.25, 0.3) is 12.0 Å². The monoisotopic (exact) mass is 311 g/mol. The summed E-state index contributed by atoms with van der Waals surface area (Å²) in [5.41, 5.74) is 0.544. The maximum absolute atomic E-state index is 11.8. The largest absolute Gasteiger partial charge is 0.320 e. The van der Waals surface area contributed by atoms with Gasteiger partial charge in [-0.1, -0.05) is 6.07 Å². The lowest BCUT2D eigenvalue weighted by Gasteiger charge is -2.04. The zero-order chi connectivity index (χ0) is 15.4. The Kier molecular flexibility index (Phi) is 4.06. The molecule has 110 valence electrons. The minimum Gasteiger partial charge on any atom is -0.320 e. The van der Waals surface area contributed by atoms with E-state index < -0.39 is 0 Å². The first-order chi connectivity index (χ1) is 10.7. The van der Waals surface area contributed by atoms with Crippen LogP contribution in [0, 0.1) is 6.92 Å². The fourth-order valence-corrected chi connectivity index (χ4v) is 2.45. The number of imidazole rings is 1. The van der Waals surface area contributed by atoms with E-state index in [0.29, 0.717) is 11.6 Å². The highest BCUT2D eigenvalue weighted by Gasteiger charge is 2.04. The summed E-state index contributed by atoms with van der Waals surface area (Å²) < 4.78 is 1.77. The maximum Gasteiger partial charge on any atom is 0.248 e. The van der Waals surface area contributed by atoms with Gasteiger partial charge in [0, 0.05) is 23.3 Å². The molecule has 6 nitrogen and oxygen atoms in total. The summed E-state index contributed by atoms with van der Waals surface area (Å²) >= 11 is 1.57. The highest BCUT2D eigenvalue weighted by molar-refractivity contribution is 7.10. The fraction of sp³-hybridized carbons (Fsp3) is 0.0667. The molecule has 0 atom stereocenters.